The van der Waals surface area contributed by atoms with Gasteiger partial charge in [0.1, 0.15) is 0 Å². The number of aryl methyl sites for hydroxylation is 1. The van der Waals surface area contributed by atoms with Gasteiger partial charge in [-0.15, -0.1) is 0 Å². The van der Waals surface area contributed by atoms with Gasteiger partial charge in [-0.1, -0.05) is 6.07 Å². The Kier molecular flexibility index (Phi) is 4.48. The summed E-state index contributed by atoms with van der Waals surface area (Å²) in [6, 6.07) is 6.74. The third-order valence-electron chi connectivity index (χ3n) is 3.77. The fourth-order valence-corrected chi connectivity index (χ4v) is 2.38. The summed E-state index contributed by atoms with van der Waals surface area (Å²) in [7, 11) is 0. The van der Waals surface area contributed by atoms with Crippen molar-refractivity contribution in [2.45, 2.75) is 39.7 Å². The number of carboxylic acids is 1. The van der Waals surface area contributed by atoms with Crippen LogP contribution in [0.25, 0.3) is 6.08 Å². The van der Waals surface area contributed by atoms with E-state index in [-0.39, 0.29) is 0 Å². The zero-order chi connectivity index (χ0) is 14.7. The number of carbonyl (C=O) groups is 1. The Morgan fingerprint density at radius 2 is 2.15 bits per heavy atom. The molecule has 0 amide bonds. The first-order chi connectivity index (χ1) is 9.47. The van der Waals surface area contributed by atoms with Crippen molar-refractivity contribution < 1.29 is 9.90 Å². The minimum atomic E-state index is -0.911. The zero-order valence-corrected chi connectivity index (χ0v) is 12.5. The molecule has 3 heteroatoms. The Morgan fingerprint density at radius 3 is 2.65 bits per heavy atom. The maximum Gasteiger partial charge on any atom is 0.328 e. The lowest BCUT2D eigenvalue weighted by molar-refractivity contribution is -0.131. The Morgan fingerprint density at radius 1 is 1.45 bits per heavy atom. The fraction of sp³-hybridized carbons (Fsp3) is 0.471. The standard InChI is InChI=1S/C17H23NO2/c1-12(2)18(11-14-4-5-14)16-8-6-15(13(3)10-16)7-9-17(19)20/h6-10,12,14H,4-5,11H2,1-3H3,(H,19,20). The SMILES string of the molecule is Cc1cc(N(CC2CC2)C(C)C)ccc1C=CC(=O)O. The van der Waals surface area contributed by atoms with Crippen LogP contribution in [0.5, 0.6) is 0 Å². The van der Waals surface area contributed by atoms with Crippen LogP contribution in [0.3, 0.4) is 0 Å². The second-order valence-electron chi connectivity index (χ2n) is 5.90. The van der Waals surface area contributed by atoms with Crippen molar-refractivity contribution in [2.24, 2.45) is 5.92 Å². The number of anilines is 1. The molecule has 0 atom stereocenters. The molecular weight excluding hydrogens is 250 g/mol. The fourth-order valence-electron chi connectivity index (χ4n) is 2.38. The molecule has 1 N–H and O–H groups in total. The summed E-state index contributed by atoms with van der Waals surface area (Å²) in [5.41, 5.74) is 3.31. The molecule has 0 saturated heterocycles. The molecule has 0 aliphatic heterocycles. The first kappa shape index (κ1) is 14.6. The van der Waals surface area contributed by atoms with Gasteiger partial charge in [-0.25, -0.2) is 4.79 Å². The number of rotatable bonds is 6. The summed E-state index contributed by atoms with van der Waals surface area (Å²) in [4.78, 5) is 13.0. The molecule has 1 aliphatic rings. The molecule has 0 radical (unpaired) electrons. The van der Waals surface area contributed by atoms with Crippen molar-refractivity contribution in [2.75, 3.05) is 11.4 Å². The predicted octanol–water partition coefficient (Wildman–Crippen LogP) is 3.72. The molecule has 0 bridgehead atoms. The summed E-state index contributed by atoms with van der Waals surface area (Å²) < 4.78 is 0. The summed E-state index contributed by atoms with van der Waals surface area (Å²) in [6.07, 6.45) is 5.54. The van der Waals surface area contributed by atoms with Gasteiger partial charge in [-0.05, 0) is 68.9 Å². The van der Waals surface area contributed by atoms with E-state index in [0.717, 1.165) is 23.6 Å². The second-order valence-corrected chi connectivity index (χ2v) is 5.90. The van der Waals surface area contributed by atoms with E-state index in [4.69, 9.17) is 5.11 Å². The average Bonchev–Trinajstić information content (AvgIpc) is 3.17. The zero-order valence-electron chi connectivity index (χ0n) is 12.5. The van der Waals surface area contributed by atoms with Gasteiger partial charge < -0.3 is 10.0 Å². The summed E-state index contributed by atoms with van der Waals surface area (Å²) >= 11 is 0. The molecule has 1 aromatic carbocycles. The first-order valence-corrected chi connectivity index (χ1v) is 7.25. The van der Waals surface area contributed by atoms with E-state index in [9.17, 15) is 4.79 Å². The summed E-state index contributed by atoms with van der Waals surface area (Å²) in [5.74, 6) is -0.0599. The number of hydrogen-bond acceptors (Lipinski definition) is 2. The van der Waals surface area contributed by atoms with Crippen LogP contribution in [0.2, 0.25) is 0 Å². The maximum atomic E-state index is 10.6. The van der Waals surface area contributed by atoms with Crippen LogP contribution in [0, 0.1) is 12.8 Å². The van der Waals surface area contributed by atoms with Gasteiger partial charge in [0.15, 0.2) is 0 Å². The van der Waals surface area contributed by atoms with Crippen molar-refractivity contribution in [3.8, 4) is 0 Å². The Hall–Kier alpha value is -1.77. The quantitative estimate of drug-likeness (QED) is 0.803. The predicted molar refractivity (Wildman–Crippen MR) is 83.1 cm³/mol. The van der Waals surface area contributed by atoms with Gasteiger partial charge >= 0.3 is 5.97 Å². The Labute approximate surface area is 120 Å². The molecule has 108 valence electrons. The van der Waals surface area contributed by atoms with E-state index in [2.05, 4.69) is 30.9 Å². The maximum absolute atomic E-state index is 10.6. The van der Waals surface area contributed by atoms with Crippen molar-refractivity contribution >= 4 is 17.7 Å². The molecule has 0 heterocycles. The van der Waals surface area contributed by atoms with E-state index in [1.807, 2.05) is 13.0 Å². The molecule has 1 fully saturated rings. The summed E-state index contributed by atoms with van der Waals surface area (Å²) in [6.45, 7) is 7.59. The Bertz CT molecular complexity index is 516. The lowest BCUT2D eigenvalue weighted by atomic mass is 10.1. The molecule has 0 aromatic heterocycles. The molecule has 0 spiro atoms. The van der Waals surface area contributed by atoms with Gasteiger partial charge in [-0.3, -0.25) is 0 Å². The number of aliphatic carboxylic acids is 1. The number of benzene rings is 1. The number of carboxylic acid groups (broad SMARTS) is 1. The molecule has 0 unspecified atom stereocenters. The van der Waals surface area contributed by atoms with Crippen LogP contribution >= 0.6 is 0 Å². The topological polar surface area (TPSA) is 40.5 Å². The van der Waals surface area contributed by atoms with Gasteiger partial charge in [0, 0.05) is 24.4 Å². The highest BCUT2D eigenvalue weighted by atomic mass is 16.4. The lowest BCUT2D eigenvalue weighted by Gasteiger charge is -2.29. The molecule has 2 rings (SSSR count). The molecule has 20 heavy (non-hydrogen) atoms. The number of hydrogen-bond donors (Lipinski definition) is 1. The van der Waals surface area contributed by atoms with Crippen LogP contribution in [0.1, 0.15) is 37.8 Å². The van der Waals surface area contributed by atoms with Gasteiger partial charge in [-0.2, -0.15) is 0 Å². The van der Waals surface area contributed by atoms with Crippen LogP contribution in [-0.2, 0) is 4.79 Å². The van der Waals surface area contributed by atoms with Crippen LogP contribution in [0.4, 0.5) is 5.69 Å². The average molecular weight is 273 g/mol. The first-order valence-electron chi connectivity index (χ1n) is 7.25. The number of nitrogens with zero attached hydrogens (tertiary/aromatic N) is 1. The monoisotopic (exact) mass is 273 g/mol. The highest BCUT2D eigenvalue weighted by molar-refractivity contribution is 5.85. The second kappa shape index (κ2) is 6.12. The van der Waals surface area contributed by atoms with Crippen LogP contribution < -0.4 is 4.90 Å². The smallest absolute Gasteiger partial charge is 0.328 e. The van der Waals surface area contributed by atoms with Crippen molar-refractivity contribution in [3.63, 3.8) is 0 Å². The van der Waals surface area contributed by atoms with Crippen molar-refractivity contribution in [1.29, 1.82) is 0 Å². The normalized spacial score (nSPS) is 15.0. The van der Waals surface area contributed by atoms with Crippen molar-refractivity contribution in [1.82, 2.24) is 0 Å². The van der Waals surface area contributed by atoms with E-state index < -0.39 is 5.97 Å². The largest absolute Gasteiger partial charge is 0.478 e. The van der Waals surface area contributed by atoms with E-state index in [1.54, 1.807) is 6.08 Å². The van der Waals surface area contributed by atoms with Crippen LogP contribution in [0.15, 0.2) is 24.3 Å². The molecule has 3 nitrogen and oxygen atoms in total. The van der Waals surface area contributed by atoms with E-state index >= 15 is 0 Å². The highest BCUT2D eigenvalue weighted by Gasteiger charge is 2.25. The van der Waals surface area contributed by atoms with Gasteiger partial charge in [0.25, 0.3) is 0 Å². The Balaban J connectivity index is 2.19. The molecule has 1 aliphatic carbocycles. The molecular formula is C17H23NO2. The van der Waals surface area contributed by atoms with Gasteiger partial charge in [0.2, 0.25) is 0 Å². The molecule has 1 saturated carbocycles. The third kappa shape index (κ3) is 3.86. The molecule has 1 aromatic rings. The van der Waals surface area contributed by atoms with Crippen molar-refractivity contribution in [3.05, 3.63) is 35.4 Å². The van der Waals surface area contributed by atoms with Crippen LogP contribution in [-0.4, -0.2) is 23.7 Å². The van der Waals surface area contributed by atoms with E-state index in [0.29, 0.717) is 6.04 Å². The third-order valence-corrected chi connectivity index (χ3v) is 3.77. The van der Waals surface area contributed by atoms with E-state index in [1.165, 1.54) is 24.6 Å². The summed E-state index contributed by atoms with van der Waals surface area (Å²) in [5, 5.41) is 8.69. The minimum absolute atomic E-state index is 0.482. The minimum Gasteiger partial charge on any atom is -0.478 e. The highest BCUT2D eigenvalue weighted by Crippen LogP contribution is 2.32. The van der Waals surface area contributed by atoms with Gasteiger partial charge in [0.05, 0.1) is 0 Å². The lowest BCUT2D eigenvalue weighted by Crippen LogP contribution is -2.32.